The number of rotatable bonds is 10. The number of hydrogen-bond donors (Lipinski definition) is 2. The van der Waals surface area contributed by atoms with Gasteiger partial charge in [-0.25, -0.2) is 0 Å². The van der Waals surface area contributed by atoms with E-state index in [0.717, 1.165) is 49.8 Å². The first-order valence-electron chi connectivity index (χ1n) is 13.1. The second kappa shape index (κ2) is 11.1. The van der Waals surface area contributed by atoms with Crippen molar-refractivity contribution in [2.75, 3.05) is 13.2 Å². The van der Waals surface area contributed by atoms with Gasteiger partial charge in [0.25, 0.3) is 11.8 Å². The van der Waals surface area contributed by atoms with Crippen molar-refractivity contribution < 1.29 is 19.1 Å². The molecule has 4 rings (SSSR count). The molecule has 3 amide bonds. The lowest BCUT2D eigenvalue weighted by atomic mass is 9.94. The van der Waals surface area contributed by atoms with E-state index in [4.69, 9.17) is 4.74 Å². The predicted octanol–water partition coefficient (Wildman–Crippen LogP) is 3.29. The van der Waals surface area contributed by atoms with Crippen LogP contribution in [0.1, 0.15) is 85.8 Å². The maximum atomic E-state index is 13.3. The summed E-state index contributed by atoms with van der Waals surface area (Å²) in [5, 5.41) is 10.4. The number of fused-ring (bicyclic) bond motifs is 1. The third-order valence-electron chi connectivity index (χ3n) is 7.17. The molecule has 1 saturated carbocycles. The van der Waals surface area contributed by atoms with Gasteiger partial charge in [0.15, 0.2) is 5.69 Å². The third kappa shape index (κ3) is 5.39. The standard InChI is InChI=1S/C27H37N5O4/c1-4-6-15-36-21-13-11-19(12-14-21)17-28-24(33)22-16-23-25(34)31(5-2)27(3,18-32(23)30-22)26(35)29-20-9-7-8-10-20/h11-14,16,20H,4-10,15,17-18H2,1-3H3,(H,28,33)(H,29,35). The van der Waals surface area contributed by atoms with E-state index >= 15 is 0 Å². The summed E-state index contributed by atoms with van der Waals surface area (Å²) in [6, 6.07) is 9.28. The Kier molecular flexibility index (Phi) is 7.96. The number of likely N-dealkylation sites (N-methyl/N-ethyl adjacent to an activating group) is 1. The van der Waals surface area contributed by atoms with Gasteiger partial charge in [0, 0.05) is 25.2 Å². The zero-order valence-corrected chi connectivity index (χ0v) is 21.5. The summed E-state index contributed by atoms with van der Waals surface area (Å²) in [7, 11) is 0. The number of carbonyl (C=O) groups is 3. The lowest BCUT2D eigenvalue weighted by Crippen LogP contribution is -2.64. The highest BCUT2D eigenvalue weighted by Crippen LogP contribution is 2.28. The number of ether oxygens (including phenoxy) is 1. The summed E-state index contributed by atoms with van der Waals surface area (Å²) in [6.07, 6.45) is 6.24. The quantitative estimate of drug-likeness (QED) is 0.492. The van der Waals surface area contributed by atoms with Crippen LogP contribution in [-0.2, 0) is 17.9 Å². The zero-order valence-electron chi connectivity index (χ0n) is 21.5. The van der Waals surface area contributed by atoms with Crippen LogP contribution in [0.2, 0.25) is 0 Å². The van der Waals surface area contributed by atoms with Gasteiger partial charge in [0.2, 0.25) is 5.91 Å². The van der Waals surface area contributed by atoms with Crippen molar-refractivity contribution in [1.82, 2.24) is 25.3 Å². The fraction of sp³-hybridized carbons (Fsp3) is 0.556. The number of carbonyl (C=O) groups excluding carboxylic acids is 3. The first-order valence-corrected chi connectivity index (χ1v) is 13.1. The number of aromatic nitrogens is 2. The Morgan fingerprint density at radius 1 is 1.17 bits per heavy atom. The van der Waals surface area contributed by atoms with Gasteiger partial charge < -0.3 is 20.3 Å². The van der Waals surface area contributed by atoms with E-state index in [0.29, 0.717) is 25.4 Å². The van der Waals surface area contributed by atoms with Crippen molar-refractivity contribution in [3.63, 3.8) is 0 Å². The SMILES string of the molecule is CCCCOc1ccc(CNC(=O)c2cc3n(n2)CC(C)(C(=O)NC2CCCC2)N(CC)C3=O)cc1. The van der Waals surface area contributed by atoms with Crippen molar-refractivity contribution >= 4 is 17.7 Å². The van der Waals surface area contributed by atoms with E-state index in [-0.39, 0.29) is 36.0 Å². The number of nitrogens with zero attached hydrogens (tertiary/aromatic N) is 3. The van der Waals surface area contributed by atoms with E-state index in [2.05, 4.69) is 22.7 Å². The Morgan fingerprint density at radius 2 is 1.89 bits per heavy atom. The molecular weight excluding hydrogens is 458 g/mol. The van der Waals surface area contributed by atoms with Crippen LogP contribution < -0.4 is 15.4 Å². The number of hydrogen-bond acceptors (Lipinski definition) is 5. The minimum absolute atomic E-state index is 0.153. The first kappa shape index (κ1) is 25.7. The monoisotopic (exact) mass is 495 g/mol. The molecule has 1 aromatic heterocycles. The molecule has 194 valence electrons. The molecule has 0 saturated heterocycles. The molecule has 0 bridgehead atoms. The minimum Gasteiger partial charge on any atom is -0.494 e. The van der Waals surface area contributed by atoms with E-state index < -0.39 is 5.54 Å². The molecule has 2 N–H and O–H groups in total. The molecule has 2 aliphatic rings. The maximum absolute atomic E-state index is 13.3. The van der Waals surface area contributed by atoms with E-state index in [1.807, 2.05) is 31.2 Å². The Labute approximate surface area is 212 Å². The summed E-state index contributed by atoms with van der Waals surface area (Å²) in [5.74, 6) is -0.0238. The maximum Gasteiger partial charge on any atom is 0.273 e. The summed E-state index contributed by atoms with van der Waals surface area (Å²) in [6.45, 7) is 7.36. The van der Waals surface area contributed by atoms with Gasteiger partial charge >= 0.3 is 0 Å². The molecule has 0 radical (unpaired) electrons. The third-order valence-corrected chi connectivity index (χ3v) is 7.17. The molecule has 9 heteroatoms. The van der Waals surface area contributed by atoms with Gasteiger partial charge in [0.1, 0.15) is 17.0 Å². The number of benzene rings is 1. The molecule has 2 heterocycles. The van der Waals surface area contributed by atoms with Crippen LogP contribution >= 0.6 is 0 Å². The molecule has 1 atom stereocenters. The van der Waals surface area contributed by atoms with E-state index in [9.17, 15) is 14.4 Å². The molecule has 0 spiro atoms. The van der Waals surface area contributed by atoms with Gasteiger partial charge in [-0.15, -0.1) is 0 Å². The zero-order chi connectivity index (χ0) is 25.7. The fourth-order valence-electron chi connectivity index (χ4n) is 4.97. The average molecular weight is 496 g/mol. The minimum atomic E-state index is -1.07. The predicted molar refractivity (Wildman–Crippen MR) is 136 cm³/mol. The number of nitrogens with one attached hydrogen (secondary N) is 2. The van der Waals surface area contributed by atoms with Crippen molar-refractivity contribution in [3.8, 4) is 5.75 Å². The normalized spacial score (nSPS) is 19.8. The highest BCUT2D eigenvalue weighted by atomic mass is 16.5. The van der Waals surface area contributed by atoms with Crippen LogP contribution in [0.3, 0.4) is 0 Å². The summed E-state index contributed by atoms with van der Waals surface area (Å²) in [5.41, 5.74) is 0.345. The Balaban J connectivity index is 1.42. The molecule has 2 aromatic rings. The smallest absolute Gasteiger partial charge is 0.273 e. The molecule has 1 aliphatic carbocycles. The Hall–Kier alpha value is -3.36. The molecule has 1 unspecified atom stereocenters. The van der Waals surface area contributed by atoms with Gasteiger partial charge in [0.05, 0.1) is 13.2 Å². The lowest BCUT2D eigenvalue weighted by Gasteiger charge is -2.43. The number of amides is 3. The molecule has 1 aliphatic heterocycles. The molecular formula is C27H37N5O4. The van der Waals surface area contributed by atoms with Crippen LogP contribution in [0.25, 0.3) is 0 Å². The van der Waals surface area contributed by atoms with E-state index in [1.54, 1.807) is 11.8 Å². The largest absolute Gasteiger partial charge is 0.494 e. The summed E-state index contributed by atoms with van der Waals surface area (Å²) in [4.78, 5) is 41.0. The average Bonchev–Trinajstić information content (AvgIpc) is 3.54. The van der Waals surface area contributed by atoms with Crippen molar-refractivity contribution in [1.29, 1.82) is 0 Å². The van der Waals surface area contributed by atoms with Gasteiger partial charge in [-0.3, -0.25) is 19.1 Å². The second-order valence-electron chi connectivity index (χ2n) is 9.88. The molecule has 36 heavy (non-hydrogen) atoms. The number of unbranched alkanes of at least 4 members (excludes halogenated alkanes) is 1. The van der Waals surface area contributed by atoms with Gasteiger partial charge in [-0.1, -0.05) is 38.3 Å². The van der Waals surface area contributed by atoms with Crippen LogP contribution in [-0.4, -0.2) is 57.1 Å². The molecule has 9 nitrogen and oxygen atoms in total. The summed E-state index contributed by atoms with van der Waals surface area (Å²) < 4.78 is 7.18. The Bertz CT molecular complexity index is 1090. The topological polar surface area (TPSA) is 106 Å². The van der Waals surface area contributed by atoms with Crippen molar-refractivity contribution in [3.05, 3.63) is 47.3 Å². The van der Waals surface area contributed by atoms with Crippen LogP contribution in [0.4, 0.5) is 0 Å². The van der Waals surface area contributed by atoms with Crippen LogP contribution in [0.15, 0.2) is 30.3 Å². The highest BCUT2D eigenvalue weighted by molar-refractivity contribution is 6.01. The lowest BCUT2D eigenvalue weighted by molar-refractivity contribution is -0.133. The van der Waals surface area contributed by atoms with Crippen molar-refractivity contribution in [2.24, 2.45) is 0 Å². The van der Waals surface area contributed by atoms with Crippen molar-refractivity contribution in [2.45, 2.75) is 84.0 Å². The van der Waals surface area contributed by atoms with Gasteiger partial charge in [-0.05, 0) is 50.8 Å². The molecule has 1 aromatic carbocycles. The first-order chi connectivity index (χ1) is 17.4. The summed E-state index contributed by atoms with van der Waals surface area (Å²) >= 11 is 0. The van der Waals surface area contributed by atoms with Crippen LogP contribution in [0.5, 0.6) is 5.75 Å². The Morgan fingerprint density at radius 3 is 2.56 bits per heavy atom. The van der Waals surface area contributed by atoms with Crippen LogP contribution in [0, 0.1) is 0 Å². The van der Waals surface area contributed by atoms with E-state index in [1.165, 1.54) is 10.7 Å². The molecule has 1 fully saturated rings. The fourth-order valence-corrected chi connectivity index (χ4v) is 4.97. The second-order valence-corrected chi connectivity index (χ2v) is 9.88. The van der Waals surface area contributed by atoms with Gasteiger partial charge in [-0.2, -0.15) is 5.10 Å². The highest BCUT2D eigenvalue weighted by Gasteiger charge is 2.48.